The Morgan fingerprint density at radius 2 is 1.97 bits per heavy atom. The van der Waals surface area contributed by atoms with Crippen molar-refractivity contribution in [2.75, 3.05) is 39.5 Å². The first-order valence-corrected chi connectivity index (χ1v) is 10.7. The second kappa shape index (κ2) is 7.99. The molecule has 3 aromatic heterocycles. The molecule has 0 N–H and O–H groups in total. The van der Waals surface area contributed by atoms with Crippen LogP contribution in [0.15, 0.2) is 41.1 Å². The lowest BCUT2D eigenvalue weighted by molar-refractivity contribution is 0.0196. The number of ether oxygens (including phenoxy) is 2. The topological polar surface area (TPSA) is 90.2 Å². The van der Waals surface area contributed by atoms with E-state index >= 15 is 0 Å². The minimum atomic E-state index is -0.622. The van der Waals surface area contributed by atoms with Gasteiger partial charge >= 0.3 is 5.97 Å². The molecule has 0 atom stereocenters. The average molecular weight is 484 g/mol. The number of ketones is 2. The molecule has 2 aliphatic rings. The fraction of sp³-hybridized carbons (Fsp3) is 0.273. The molecule has 0 spiro atoms. The van der Waals surface area contributed by atoms with Gasteiger partial charge in [-0.3, -0.25) is 19.5 Å². The average Bonchev–Trinajstić information content (AvgIpc) is 3.13. The van der Waals surface area contributed by atoms with E-state index < -0.39 is 17.5 Å². The number of carbonyl (C=O) groups is 3. The normalized spacial score (nSPS) is 16.3. The maximum absolute atomic E-state index is 13.3. The molecule has 3 aromatic rings. The molecule has 31 heavy (non-hydrogen) atoms. The summed E-state index contributed by atoms with van der Waals surface area (Å²) in [6.07, 6.45) is 3.14. The molecule has 1 fully saturated rings. The number of rotatable bonds is 4. The summed E-state index contributed by atoms with van der Waals surface area (Å²) in [6.45, 7) is 3.64. The first-order chi connectivity index (χ1) is 15.1. The van der Waals surface area contributed by atoms with E-state index in [9.17, 15) is 14.4 Å². The zero-order valence-corrected chi connectivity index (χ0v) is 18.1. The van der Waals surface area contributed by atoms with Gasteiger partial charge in [0.25, 0.3) is 0 Å². The van der Waals surface area contributed by atoms with Crippen LogP contribution < -0.4 is 0 Å². The first-order valence-electron chi connectivity index (χ1n) is 9.91. The second-order valence-electron chi connectivity index (χ2n) is 7.35. The van der Waals surface area contributed by atoms with E-state index in [1.54, 1.807) is 34.9 Å². The highest BCUT2D eigenvalue weighted by molar-refractivity contribution is 9.10. The monoisotopic (exact) mass is 483 g/mol. The standard InChI is InChI=1S/C22H18BrN3O5/c23-13-3-4-15-16(22(29)31-11-8-25-6-9-30-10-7-25)17-19(26(15)12-13)21(28)18-14(20(17)27)2-1-5-24-18/h1-5,12H,6-11H2. The number of hydrogen-bond acceptors (Lipinski definition) is 7. The lowest BCUT2D eigenvalue weighted by Crippen LogP contribution is -2.38. The zero-order chi connectivity index (χ0) is 21.5. The lowest BCUT2D eigenvalue weighted by Gasteiger charge is -2.26. The number of morpholine rings is 1. The van der Waals surface area contributed by atoms with E-state index in [0.717, 1.165) is 13.1 Å². The minimum absolute atomic E-state index is 0.0694. The molecule has 0 radical (unpaired) electrons. The third-order valence-electron chi connectivity index (χ3n) is 5.55. The van der Waals surface area contributed by atoms with Gasteiger partial charge in [0.05, 0.1) is 35.4 Å². The van der Waals surface area contributed by atoms with Crippen LogP contribution in [0.1, 0.15) is 42.5 Å². The van der Waals surface area contributed by atoms with E-state index in [4.69, 9.17) is 9.47 Å². The van der Waals surface area contributed by atoms with Gasteiger partial charge < -0.3 is 13.9 Å². The summed E-state index contributed by atoms with van der Waals surface area (Å²) in [4.78, 5) is 45.9. The van der Waals surface area contributed by atoms with Gasteiger partial charge in [-0.25, -0.2) is 4.79 Å². The fourth-order valence-electron chi connectivity index (χ4n) is 4.06. The Balaban J connectivity index is 1.55. The van der Waals surface area contributed by atoms with Crippen LogP contribution in [-0.2, 0) is 9.47 Å². The molecule has 9 heteroatoms. The molecule has 8 nitrogen and oxygen atoms in total. The highest BCUT2D eigenvalue weighted by atomic mass is 79.9. The van der Waals surface area contributed by atoms with E-state index in [-0.39, 0.29) is 34.7 Å². The molecule has 0 saturated carbocycles. The Morgan fingerprint density at radius 3 is 2.77 bits per heavy atom. The maximum Gasteiger partial charge on any atom is 0.341 e. The number of pyridine rings is 2. The SMILES string of the molecule is O=C1c2cccnc2C(=O)c2c1c(C(=O)OCCN1CCOCC1)c1ccc(Br)cn21. The fourth-order valence-corrected chi connectivity index (χ4v) is 4.40. The Labute approximate surface area is 185 Å². The maximum atomic E-state index is 13.3. The van der Waals surface area contributed by atoms with Gasteiger partial charge in [0.1, 0.15) is 18.0 Å². The van der Waals surface area contributed by atoms with Crippen molar-refractivity contribution in [2.45, 2.75) is 0 Å². The molecule has 5 rings (SSSR count). The third-order valence-corrected chi connectivity index (χ3v) is 6.02. The molecular formula is C22H18BrN3O5. The molecule has 1 saturated heterocycles. The predicted octanol–water partition coefficient (Wildman–Crippen LogP) is 2.36. The molecule has 0 aromatic carbocycles. The summed E-state index contributed by atoms with van der Waals surface area (Å²) < 4.78 is 13.1. The smallest absolute Gasteiger partial charge is 0.341 e. The number of esters is 1. The minimum Gasteiger partial charge on any atom is -0.461 e. The van der Waals surface area contributed by atoms with E-state index in [1.165, 1.54) is 6.20 Å². The number of carbonyl (C=O) groups excluding carboxylic acids is 3. The van der Waals surface area contributed by atoms with Crippen LogP contribution in [0.25, 0.3) is 5.52 Å². The van der Waals surface area contributed by atoms with E-state index in [0.29, 0.717) is 29.7 Å². The summed E-state index contributed by atoms with van der Waals surface area (Å²) in [5, 5.41) is 0. The lowest BCUT2D eigenvalue weighted by atomic mass is 9.89. The van der Waals surface area contributed by atoms with Gasteiger partial charge in [0, 0.05) is 36.5 Å². The molecule has 158 valence electrons. The van der Waals surface area contributed by atoms with Crippen molar-refractivity contribution in [2.24, 2.45) is 0 Å². The van der Waals surface area contributed by atoms with Crippen LogP contribution in [0.3, 0.4) is 0 Å². The van der Waals surface area contributed by atoms with Crippen molar-refractivity contribution < 1.29 is 23.9 Å². The van der Waals surface area contributed by atoms with E-state index in [1.807, 2.05) is 0 Å². The Kier molecular flexibility index (Phi) is 5.17. The second-order valence-corrected chi connectivity index (χ2v) is 8.26. The van der Waals surface area contributed by atoms with Crippen molar-refractivity contribution in [3.63, 3.8) is 0 Å². The van der Waals surface area contributed by atoms with Crippen molar-refractivity contribution in [3.8, 4) is 0 Å². The summed E-state index contributed by atoms with van der Waals surface area (Å²) in [6, 6.07) is 6.60. The van der Waals surface area contributed by atoms with E-state index in [2.05, 4.69) is 25.8 Å². The summed E-state index contributed by atoms with van der Waals surface area (Å²) in [7, 11) is 0. The van der Waals surface area contributed by atoms with Crippen LogP contribution in [0.4, 0.5) is 0 Å². The number of halogens is 1. The van der Waals surface area contributed by atoms with Gasteiger partial charge in [0.2, 0.25) is 5.78 Å². The van der Waals surface area contributed by atoms with Crippen molar-refractivity contribution in [3.05, 3.63) is 69.2 Å². The van der Waals surface area contributed by atoms with Crippen LogP contribution in [0, 0.1) is 0 Å². The highest BCUT2D eigenvalue weighted by Crippen LogP contribution is 2.34. The highest BCUT2D eigenvalue weighted by Gasteiger charge is 2.39. The van der Waals surface area contributed by atoms with Crippen molar-refractivity contribution in [1.82, 2.24) is 14.3 Å². The van der Waals surface area contributed by atoms with Crippen molar-refractivity contribution >= 4 is 39.0 Å². The molecule has 0 unspecified atom stereocenters. The number of nitrogens with zero attached hydrogens (tertiary/aromatic N) is 3. The first kappa shape index (κ1) is 20.0. The van der Waals surface area contributed by atoms with Crippen LogP contribution in [0.5, 0.6) is 0 Å². The van der Waals surface area contributed by atoms with Gasteiger partial charge in [-0.15, -0.1) is 0 Å². The Hall–Kier alpha value is -2.88. The Bertz CT molecular complexity index is 1230. The summed E-state index contributed by atoms with van der Waals surface area (Å²) in [5.41, 5.74) is 1.04. The molecule has 1 aliphatic carbocycles. The van der Waals surface area contributed by atoms with Gasteiger partial charge in [-0.05, 0) is 40.2 Å². The largest absolute Gasteiger partial charge is 0.461 e. The third kappa shape index (κ3) is 3.38. The quantitative estimate of drug-likeness (QED) is 0.411. The zero-order valence-electron chi connectivity index (χ0n) is 16.5. The Morgan fingerprint density at radius 1 is 1.16 bits per heavy atom. The van der Waals surface area contributed by atoms with Gasteiger partial charge in [-0.2, -0.15) is 0 Å². The van der Waals surface area contributed by atoms with Crippen LogP contribution >= 0.6 is 15.9 Å². The van der Waals surface area contributed by atoms with Crippen LogP contribution in [-0.4, -0.2) is 71.3 Å². The molecule has 0 bridgehead atoms. The molecule has 1 aliphatic heterocycles. The number of aromatic nitrogens is 2. The van der Waals surface area contributed by atoms with Gasteiger partial charge in [0.15, 0.2) is 5.78 Å². The predicted molar refractivity (Wildman–Crippen MR) is 114 cm³/mol. The molecular weight excluding hydrogens is 466 g/mol. The number of hydrogen-bond donors (Lipinski definition) is 0. The summed E-state index contributed by atoms with van der Waals surface area (Å²) in [5.74, 6) is -1.42. The van der Waals surface area contributed by atoms with Gasteiger partial charge in [-0.1, -0.05) is 0 Å². The molecule has 0 amide bonds. The van der Waals surface area contributed by atoms with Crippen LogP contribution in [0.2, 0.25) is 0 Å². The summed E-state index contributed by atoms with van der Waals surface area (Å²) >= 11 is 3.39. The molecule has 4 heterocycles. The number of fused-ring (bicyclic) bond motifs is 4. The van der Waals surface area contributed by atoms with Crippen molar-refractivity contribution in [1.29, 1.82) is 0 Å².